The quantitative estimate of drug-likeness (QED) is 0.890. The van der Waals surface area contributed by atoms with Crippen LogP contribution in [0.1, 0.15) is 38.4 Å². The zero-order valence-corrected chi connectivity index (χ0v) is 10.8. The molecule has 2 unspecified atom stereocenters. The lowest BCUT2D eigenvalue weighted by Crippen LogP contribution is -2.32. The second-order valence-corrected chi connectivity index (χ2v) is 4.70. The summed E-state index contributed by atoms with van der Waals surface area (Å²) >= 11 is 0. The van der Waals surface area contributed by atoms with Crippen molar-refractivity contribution in [3.8, 4) is 0 Å². The van der Waals surface area contributed by atoms with E-state index in [0.29, 0.717) is 12.1 Å². The van der Waals surface area contributed by atoms with E-state index in [4.69, 9.17) is 0 Å². The summed E-state index contributed by atoms with van der Waals surface area (Å²) in [5.74, 6) is -0.213. The van der Waals surface area contributed by atoms with E-state index in [1.807, 2.05) is 6.92 Å². The van der Waals surface area contributed by atoms with Crippen LogP contribution >= 0.6 is 0 Å². The van der Waals surface area contributed by atoms with E-state index in [1.54, 1.807) is 23.1 Å². The standard InChI is InChI=1S/C14H19FN2O/c1-3-4-9-17-13(16-10(2)14(17)18)11-7-5-6-8-12(11)15/h5-8,10,13,16H,3-4,9H2,1-2H3. The number of hydrogen-bond donors (Lipinski definition) is 1. The number of nitrogens with one attached hydrogen (secondary N) is 1. The molecule has 98 valence electrons. The van der Waals surface area contributed by atoms with Gasteiger partial charge in [-0.2, -0.15) is 0 Å². The molecule has 1 saturated heterocycles. The van der Waals surface area contributed by atoms with Crippen LogP contribution in [-0.4, -0.2) is 23.4 Å². The molecule has 2 atom stereocenters. The molecule has 0 spiro atoms. The Bertz CT molecular complexity index is 436. The van der Waals surface area contributed by atoms with E-state index in [-0.39, 0.29) is 23.9 Å². The molecule has 1 amide bonds. The molecule has 1 N–H and O–H groups in total. The van der Waals surface area contributed by atoms with Crippen molar-refractivity contribution in [1.82, 2.24) is 10.2 Å². The predicted molar refractivity (Wildman–Crippen MR) is 68.4 cm³/mol. The highest BCUT2D eigenvalue weighted by molar-refractivity contribution is 5.84. The van der Waals surface area contributed by atoms with Crippen LogP contribution in [0.2, 0.25) is 0 Å². The summed E-state index contributed by atoms with van der Waals surface area (Å²) in [4.78, 5) is 13.8. The first-order chi connectivity index (χ1) is 8.65. The average molecular weight is 250 g/mol. The highest BCUT2D eigenvalue weighted by atomic mass is 19.1. The van der Waals surface area contributed by atoms with Gasteiger partial charge in [0.25, 0.3) is 0 Å². The number of carbonyl (C=O) groups excluding carboxylic acids is 1. The molecule has 4 heteroatoms. The number of carbonyl (C=O) groups is 1. The van der Waals surface area contributed by atoms with Crippen molar-refractivity contribution in [2.75, 3.05) is 6.54 Å². The number of hydrogen-bond acceptors (Lipinski definition) is 2. The van der Waals surface area contributed by atoms with E-state index in [1.165, 1.54) is 6.07 Å². The van der Waals surface area contributed by atoms with Gasteiger partial charge in [0.15, 0.2) is 0 Å². The number of nitrogens with zero attached hydrogens (tertiary/aromatic N) is 1. The molecule has 1 aliphatic heterocycles. The van der Waals surface area contributed by atoms with Gasteiger partial charge in [0, 0.05) is 12.1 Å². The Morgan fingerprint density at radius 3 is 2.78 bits per heavy atom. The summed E-state index contributed by atoms with van der Waals surface area (Å²) in [5, 5.41) is 3.16. The molecule has 0 saturated carbocycles. The maximum Gasteiger partial charge on any atom is 0.241 e. The maximum atomic E-state index is 13.8. The fraction of sp³-hybridized carbons (Fsp3) is 0.500. The van der Waals surface area contributed by atoms with Crippen LogP contribution in [0, 0.1) is 5.82 Å². The van der Waals surface area contributed by atoms with Gasteiger partial charge in [0.05, 0.1) is 6.04 Å². The number of amides is 1. The van der Waals surface area contributed by atoms with E-state index in [2.05, 4.69) is 12.2 Å². The fourth-order valence-corrected chi connectivity index (χ4v) is 2.30. The van der Waals surface area contributed by atoms with Gasteiger partial charge >= 0.3 is 0 Å². The lowest BCUT2D eigenvalue weighted by Gasteiger charge is -2.24. The van der Waals surface area contributed by atoms with Crippen LogP contribution in [0.15, 0.2) is 24.3 Å². The molecule has 2 rings (SSSR count). The van der Waals surface area contributed by atoms with Crippen LogP contribution in [-0.2, 0) is 4.79 Å². The third-order valence-corrected chi connectivity index (χ3v) is 3.33. The molecule has 1 aromatic rings. The minimum absolute atomic E-state index is 0.0525. The average Bonchev–Trinajstić information content (AvgIpc) is 2.64. The van der Waals surface area contributed by atoms with Gasteiger partial charge < -0.3 is 4.90 Å². The molecule has 1 heterocycles. The minimum atomic E-state index is -0.333. The van der Waals surface area contributed by atoms with Gasteiger partial charge in [0.2, 0.25) is 5.91 Å². The summed E-state index contributed by atoms with van der Waals surface area (Å²) in [5.41, 5.74) is 0.548. The molecule has 3 nitrogen and oxygen atoms in total. The molecule has 0 aromatic heterocycles. The van der Waals surface area contributed by atoms with Gasteiger partial charge in [-0.1, -0.05) is 31.5 Å². The number of halogens is 1. The first kappa shape index (κ1) is 13.0. The largest absolute Gasteiger partial charge is 0.321 e. The molecular formula is C14H19FN2O. The summed E-state index contributed by atoms with van der Waals surface area (Å²) in [6.45, 7) is 4.57. The molecule has 0 aliphatic carbocycles. The third-order valence-electron chi connectivity index (χ3n) is 3.33. The number of unbranched alkanes of at least 4 members (excludes halogenated alkanes) is 1. The van der Waals surface area contributed by atoms with Crippen LogP contribution in [0.4, 0.5) is 4.39 Å². The summed E-state index contributed by atoms with van der Waals surface area (Å²) in [7, 11) is 0. The normalized spacial score (nSPS) is 23.7. The predicted octanol–water partition coefficient (Wildman–Crippen LogP) is 2.44. The fourth-order valence-electron chi connectivity index (χ4n) is 2.30. The first-order valence-electron chi connectivity index (χ1n) is 6.46. The molecule has 1 aliphatic rings. The van der Waals surface area contributed by atoms with Crippen LogP contribution in [0.5, 0.6) is 0 Å². The van der Waals surface area contributed by atoms with Crippen LogP contribution < -0.4 is 5.32 Å². The number of rotatable bonds is 4. The SMILES string of the molecule is CCCCN1C(=O)C(C)NC1c1ccccc1F. The van der Waals surface area contributed by atoms with Crippen molar-refractivity contribution in [3.63, 3.8) is 0 Å². The molecule has 0 bridgehead atoms. The van der Waals surface area contributed by atoms with Crippen molar-refractivity contribution in [2.24, 2.45) is 0 Å². The summed E-state index contributed by atoms with van der Waals surface area (Å²) in [6.07, 6.45) is 1.62. The summed E-state index contributed by atoms with van der Waals surface area (Å²) in [6, 6.07) is 6.38. The topological polar surface area (TPSA) is 32.3 Å². The molecule has 0 radical (unpaired) electrons. The first-order valence-corrected chi connectivity index (χ1v) is 6.46. The molecule has 1 aromatic carbocycles. The lowest BCUT2D eigenvalue weighted by molar-refractivity contribution is -0.129. The number of benzene rings is 1. The Hall–Kier alpha value is -1.42. The van der Waals surface area contributed by atoms with Gasteiger partial charge in [-0.3, -0.25) is 10.1 Å². The van der Waals surface area contributed by atoms with Crippen molar-refractivity contribution >= 4 is 5.91 Å². The minimum Gasteiger partial charge on any atom is -0.321 e. The monoisotopic (exact) mass is 250 g/mol. The highest BCUT2D eigenvalue weighted by Gasteiger charge is 2.37. The third kappa shape index (κ3) is 2.38. The maximum absolute atomic E-state index is 13.8. The van der Waals surface area contributed by atoms with Crippen molar-refractivity contribution in [1.29, 1.82) is 0 Å². The van der Waals surface area contributed by atoms with Gasteiger partial charge in [-0.05, 0) is 19.4 Å². The zero-order chi connectivity index (χ0) is 13.1. The van der Waals surface area contributed by atoms with Gasteiger partial charge in [-0.25, -0.2) is 4.39 Å². The lowest BCUT2D eigenvalue weighted by atomic mass is 10.1. The van der Waals surface area contributed by atoms with Crippen molar-refractivity contribution in [3.05, 3.63) is 35.6 Å². The highest BCUT2D eigenvalue weighted by Crippen LogP contribution is 2.27. The second-order valence-electron chi connectivity index (χ2n) is 4.70. The van der Waals surface area contributed by atoms with E-state index in [9.17, 15) is 9.18 Å². The van der Waals surface area contributed by atoms with Crippen molar-refractivity contribution < 1.29 is 9.18 Å². The van der Waals surface area contributed by atoms with E-state index >= 15 is 0 Å². The van der Waals surface area contributed by atoms with Crippen molar-refractivity contribution in [2.45, 2.75) is 38.9 Å². The van der Waals surface area contributed by atoms with Gasteiger partial charge in [0.1, 0.15) is 12.0 Å². The Morgan fingerprint density at radius 2 is 2.11 bits per heavy atom. The molecular weight excluding hydrogens is 231 g/mol. The zero-order valence-electron chi connectivity index (χ0n) is 10.8. The van der Waals surface area contributed by atoms with Crippen LogP contribution in [0.3, 0.4) is 0 Å². The Morgan fingerprint density at radius 1 is 1.39 bits per heavy atom. The second kappa shape index (κ2) is 5.48. The smallest absolute Gasteiger partial charge is 0.241 e. The molecule has 1 fully saturated rings. The van der Waals surface area contributed by atoms with E-state index in [0.717, 1.165) is 12.8 Å². The van der Waals surface area contributed by atoms with E-state index < -0.39 is 0 Å². The summed E-state index contributed by atoms with van der Waals surface area (Å²) < 4.78 is 13.8. The Kier molecular flexibility index (Phi) is 3.97. The Labute approximate surface area is 107 Å². The van der Waals surface area contributed by atoms with Gasteiger partial charge in [-0.15, -0.1) is 0 Å². The van der Waals surface area contributed by atoms with Crippen LogP contribution in [0.25, 0.3) is 0 Å². The molecule has 18 heavy (non-hydrogen) atoms. The Balaban J connectivity index is 2.25.